The summed E-state index contributed by atoms with van der Waals surface area (Å²) in [6, 6.07) is 3.42. The van der Waals surface area contributed by atoms with Crippen LogP contribution in [0.15, 0.2) is 12.1 Å². The fraction of sp³-hybridized carbons (Fsp3) is 0.286. The van der Waals surface area contributed by atoms with Gasteiger partial charge in [-0.2, -0.15) is 0 Å². The normalized spacial score (nSPS) is 9.82. The smallest absolute Gasteiger partial charge is 0.422 e. The van der Waals surface area contributed by atoms with E-state index in [1.807, 2.05) is 19.9 Å². The zero-order chi connectivity index (χ0) is 8.43. The molecule has 1 aromatic rings. The van der Waals surface area contributed by atoms with Crippen LogP contribution in [-0.2, 0) is 0 Å². The second-order valence-electron chi connectivity index (χ2n) is 2.51. The van der Waals surface area contributed by atoms with Gasteiger partial charge in [-0.1, -0.05) is 6.07 Å². The van der Waals surface area contributed by atoms with Crippen LogP contribution in [0.4, 0.5) is 0 Å². The molecule has 0 fully saturated rings. The van der Waals surface area contributed by atoms with Gasteiger partial charge in [-0.25, -0.2) is 0 Å². The predicted octanol–water partition coefficient (Wildman–Crippen LogP) is -0.622. The number of rotatable bonds is 1. The van der Waals surface area contributed by atoms with Gasteiger partial charge < -0.3 is 10.0 Å². The summed E-state index contributed by atoms with van der Waals surface area (Å²) in [5.41, 5.74) is 2.18. The quantitative estimate of drug-likeness (QED) is 0.525. The molecule has 58 valence electrons. The van der Waals surface area contributed by atoms with Gasteiger partial charge in [0.1, 0.15) is 0 Å². The van der Waals surface area contributed by atoms with Crippen LogP contribution in [0.25, 0.3) is 0 Å². The summed E-state index contributed by atoms with van der Waals surface area (Å²) in [4.78, 5) is 3.97. The number of hydrogen-bond donors (Lipinski definition) is 2. The third kappa shape index (κ3) is 1.79. The Morgan fingerprint density at radius 3 is 2.36 bits per heavy atom. The SMILES string of the molecule is Cc1ccc(B(O)O)nc1C. The van der Waals surface area contributed by atoms with E-state index in [2.05, 4.69) is 4.98 Å². The molecule has 1 rings (SSSR count). The second-order valence-corrected chi connectivity index (χ2v) is 2.51. The summed E-state index contributed by atoms with van der Waals surface area (Å²) in [6.45, 7) is 3.76. The number of nitrogens with zero attached hydrogens (tertiary/aromatic N) is 1. The van der Waals surface area contributed by atoms with E-state index < -0.39 is 7.12 Å². The first-order valence-corrected chi connectivity index (χ1v) is 3.41. The van der Waals surface area contributed by atoms with Crippen molar-refractivity contribution in [2.45, 2.75) is 13.8 Å². The summed E-state index contributed by atoms with van der Waals surface area (Å²) in [5, 5.41) is 17.5. The summed E-state index contributed by atoms with van der Waals surface area (Å²) < 4.78 is 0. The van der Waals surface area contributed by atoms with E-state index in [0.717, 1.165) is 11.3 Å². The minimum absolute atomic E-state index is 0.299. The molecule has 0 aliphatic heterocycles. The van der Waals surface area contributed by atoms with Crippen LogP contribution in [0, 0.1) is 13.8 Å². The molecule has 11 heavy (non-hydrogen) atoms. The highest BCUT2D eigenvalue weighted by molar-refractivity contribution is 6.57. The summed E-state index contributed by atoms with van der Waals surface area (Å²) in [7, 11) is -1.46. The van der Waals surface area contributed by atoms with Gasteiger partial charge in [0.05, 0.1) is 5.59 Å². The third-order valence-corrected chi connectivity index (χ3v) is 1.64. The van der Waals surface area contributed by atoms with Crippen molar-refractivity contribution >= 4 is 12.7 Å². The molecule has 2 N–H and O–H groups in total. The molecule has 0 spiro atoms. The minimum Gasteiger partial charge on any atom is -0.422 e. The molecule has 1 heterocycles. The fourth-order valence-corrected chi connectivity index (χ4v) is 0.794. The Hall–Kier alpha value is -0.865. The van der Waals surface area contributed by atoms with E-state index in [1.165, 1.54) is 0 Å². The minimum atomic E-state index is -1.46. The van der Waals surface area contributed by atoms with E-state index in [9.17, 15) is 0 Å². The van der Waals surface area contributed by atoms with E-state index in [1.54, 1.807) is 6.07 Å². The van der Waals surface area contributed by atoms with Crippen molar-refractivity contribution in [1.29, 1.82) is 0 Å². The predicted molar refractivity (Wildman–Crippen MR) is 43.5 cm³/mol. The standard InChI is InChI=1S/C7H10BNO2/c1-5-3-4-7(8(10)11)9-6(5)2/h3-4,10-11H,1-2H3. The third-order valence-electron chi connectivity index (χ3n) is 1.64. The fourth-order valence-electron chi connectivity index (χ4n) is 0.794. The van der Waals surface area contributed by atoms with Crippen molar-refractivity contribution in [3.05, 3.63) is 23.4 Å². The highest BCUT2D eigenvalue weighted by atomic mass is 16.4. The van der Waals surface area contributed by atoms with Gasteiger partial charge in [0.2, 0.25) is 0 Å². The Morgan fingerprint density at radius 2 is 1.91 bits per heavy atom. The Bertz CT molecular complexity index is 263. The van der Waals surface area contributed by atoms with Crippen molar-refractivity contribution in [2.24, 2.45) is 0 Å². The maximum Gasteiger partial charge on any atom is 0.508 e. The molecule has 0 aliphatic carbocycles. The van der Waals surface area contributed by atoms with Crippen LogP contribution >= 0.6 is 0 Å². The van der Waals surface area contributed by atoms with E-state index >= 15 is 0 Å². The monoisotopic (exact) mass is 151 g/mol. The van der Waals surface area contributed by atoms with Crippen molar-refractivity contribution in [3.8, 4) is 0 Å². The first kappa shape index (κ1) is 8.23. The number of pyridine rings is 1. The summed E-state index contributed by atoms with van der Waals surface area (Å²) in [6.07, 6.45) is 0. The van der Waals surface area contributed by atoms with Crippen LogP contribution in [0.5, 0.6) is 0 Å². The molecule has 4 heteroatoms. The summed E-state index contributed by atoms with van der Waals surface area (Å²) >= 11 is 0. The maximum atomic E-state index is 8.73. The molecule has 0 amide bonds. The molecule has 1 aromatic heterocycles. The zero-order valence-corrected chi connectivity index (χ0v) is 6.57. The Balaban J connectivity index is 3.05. The number of hydrogen-bond acceptors (Lipinski definition) is 3. The van der Waals surface area contributed by atoms with Gasteiger partial charge in [-0.3, -0.25) is 4.98 Å². The van der Waals surface area contributed by atoms with Crippen molar-refractivity contribution in [2.75, 3.05) is 0 Å². The van der Waals surface area contributed by atoms with Gasteiger partial charge in [-0.05, 0) is 25.5 Å². The van der Waals surface area contributed by atoms with E-state index in [-0.39, 0.29) is 0 Å². The lowest BCUT2D eigenvalue weighted by Crippen LogP contribution is -2.33. The molecule has 0 saturated heterocycles. The average molecular weight is 151 g/mol. The molecule has 0 aromatic carbocycles. The van der Waals surface area contributed by atoms with Crippen molar-refractivity contribution in [3.63, 3.8) is 0 Å². The molecular weight excluding hydrogens is 141 g/mol. The molecule has 0 bridgehead atoms. The van der Waals surface area contributed by atoms with Gasteiger partial charge in [0.25, 0.3) is 0 Å². The lowest BCUT2D eigenvalue weighted by Gasteiger charge is -2.01. The molecular formula is C7H10BNO2. The van der Waals surface area contributed by atoms with Crippen molar-refractivity contribution in [1.82, 2.24) is 4.98 Å². The molecule has 3 nitrogen and oxygen atoms in total. The largest absolute Gasteiger partial charge is 0.508 e. The van der Waals surface area contributed by atoms with Crippen molar-refractivity contribution < 1.29 is 10.0 Å². The Kier molecular flexibility index (Phi) is 2.26. The molecule has 0 aliphatic rings. The maximum absolute atomic E-state index is 8.73. The van der Waals surface area contributed by atoms with E-state index in [4.69, 9.17) is 10.0 Å². The molecule has 0 radical (unpaired) electrons. The van der Waals surface area contributed by atoms with Crippen LogP contribution in [0.2, 0.25) is 0 Å². The Labute approximate surface area is 65.9 Å². The summed E-state index contributed by atoms with van der Waals surface area (Å²) in [5.74, 6) is 0. The van der Waals surface area contributed by atoms with Crippen LogP contribution in [-0.4, -0.2) is 22.2 Å². The van der Waals surface area contributed by atoms with Gasteiger partial charge >= 0.3 is 7.12 Å². The first-order chi connectivity index (χ1) is 5.11. The highest BCUT2D eigenvalue weighted by Crippen LogP contribution is 1.98. The number of aromatic nitrogens is 1. The van der Waals surface area contributed by atoms with Crippen LogP contribution in [0.1, 0.15) is 11.3 Å². The second kappa shape index (κ2) is 3.03. The van der Waals surface area contributed by atoms with E-state index in [0.29, 0.717) is 5.59 Å². The topological polar surface area (TPSA) is 53.4 Å². The highest BCUT2D eigenvalue weighted by Gasteiger charge is 2.12. The van der Waals surface area contributed by atoms with Crippen LogP contribution < -0.4 is 5.59 Å². The van der Waals surface area contributed by atoms with Gasteiger partial charge in [0, 0.05) is 5.69 Å². The van der Waals surface area contributed by atoms with Gasteiger partial charge in [0.15, 0.2) is 0 Å². The average Bonchev–Trinajstić information content (AvgIpc) is 1.94. The lowest BCUT2D eigenvalue weighted by molar-refractivity contribution is 0.424. The lowest BCUT2D eigenvalue weighted by atomic mass is 9.85. The Morgan fingerprint density at radius 1 is 1.27 bits per heavy atom. The molecule has 0 atom stereocenters. The zero-order valence-electron chi connectivity index (χ0n) is 6.57. The molecule has 0 saturated carbocycles. The molecule has 0 unspecified atom stereocenters. The van der Waals surface area contributed by atoms with Gasteiger partial charge in [-0.15, -0.1) is 0 Å². The van der Waals surface area contributed by atoms with Crippen LogP contribution in [0.3, 0.4) is 0 Å². The first-order valence-electron chi connectivity index (χ1n) is 3.41. The number of aryl methyl sites for hydroxylation is 2.